The van der Waals surface area contributed by atoms with Gasteiger partial charge in [-0.05, 0) is 33.6 Å². The predicted octanol–water partition coefficient (Wildman–Crippen LogP) is 1.63. The molecule has 0 spiro atoms. The summed E-state index contributed by atoms with van der Waals surface area (Å²) in [7, 11) is 0. The van der Waals surface area contributed by atoms with Crippen LogP contribution in [0.15, 0.2) is 22.7 Å². The average Bonchev–Trinajstić information content (AvgIpc) is 2.08. The van der Waals surface area contributed by atoms with Crippen molar-refractivity contribution in [2.24, 2.45) is 5.73 Å². The summed E-state index contributed by atoms with van der Waals surface area (Å²) in [5.74, 6) is -0.835. The maximum absolute atomic E-state index is 10.4. The highest BCUT2D eigenvalue weighted by Gasteiger charge is 2.11. The van der Waals surface area contributed by atoms with Crippen LogP contribution in [0.1, 0.15) is 18.0 Å². The molecule has 1 rings (SSSR count). The number of halogens is 1. The van der Waals surface area contributed by atoms with Gasteiger partial charge >= 0.3 is 5.97 Å². The minimum Gasteiger partial charge on any atom is -0.507 e. The topological polar surface area (TPSA) is 83.6 Å². The van der Waals surface area contributed by atoms with E-state index in [1.165, 1.54) is 6.07 Å². The van der Waals surface area contributed by atoms with Crippen molar-refractivity contribution in [1.29, 1.82) is 0 Å². The lowest BCUT2D eigenvalue weighted by Crippen LogP contribution is -2.14. The highest BCUT2D eigenvalue weighted by atomic mass is 79.9. The minimum absolute atomic E-state index is 0.108. The number of nitrogens with two attached hydrogens (primary N) is 1. The molecule has 0 saturated heterocycles. The molecule has 0 aliphatic rings. The summed E-state index contributed by atoms with van der Waals surface area (Å²) in [6.45, 7) is 0. The highest BCUT2D eigenvalue weighted by molar-refractivity contribution is 9.10. The minimum atomic E-state index is -0.943. The van der Waals surface area contributed by atoms with Gasteiger partial charge in [-0.25, -0.2) is 0 Å². The van der Waals surface area contributed by atoms with E-state index in [4.69, 9.17) is 10.8 Å². The summed E-state index contributed by atoms with van der Waals surface area (Å²) < 4.78 is 0.510. The maximum Gasteiger partial charge on any atom is 0.305 e. The number of aliphatic carboxylic acids is 1. The molecule has 0 aliphatic heterocycles. The molecule has 76 valence electrons. The second-order valence-electron chi connectivity index (χ2n) is 2.92. The Hall–Kier alpha value is -1.07. The largest absolute Gasteiger partial charge is 0.507 e. The first kappa shape index (κ1) is 11.0. The molecule has 0 saturated carbocycles. The average molecular weight is 260 g/mol. The molecule has 0 fully saturated rings. The molecule has 0 aromatic heterocycles. The van der Waals surface area contributed by atoms with E-state index < -0.39 is 12.0 Å². The molecule has 5 heteroatoms. The van der Waals surface area contributed by atoms with E-state index in [0.29, 0.717) is 10.0 Å². The van der Waals surface area contributed by atoms with Crippen molar-refractivity contribution in [3.63, 3.8) is 0 Å². The Morgan fingerprint density at radius 2 is 2.21 bits per heavy atom. The van der Waals surface area contributed by atoms with Gasteiger partial charge in [0.15, 0.2) is 0 Å². The fourth-order valence-corrected chi connectivity index (χ4v) is 1.46. The number of rotatable bonds is 3. The van der Waals surface area contributed by atoms with Crippen molar-refractivity contribution >= 4 is 21.9 Å². The smallest absolute Gasteiger partial charge is 0.305 e. The predicted molar refractivity (Wildman–Crippen MR) is 55.0 cm³/mol. The Kier molecular flexibility index (Phi) is 3.49. The number of carbonyl (C=O) groups is 1. The molecular formula is C9H10BrNO3. The highest BCUT2D eigenvalue weighted by Crippen LogP contribution is 2.27. The molecule has 0 heterocycles. The van der Waals surface area contributed by atoms with Gasteiger partial charge in [-0.2, -0.15) is 0 Å². The van der Waals surface area contributed by atoms with E-state index in [1.807, 2.05) is 0 Å². The molecular weight excluding hydrogens is 250 g/mol. The standard InChI is InChI=1S/C9H10BrNO3/c10-6-3-5(1-2-8(6)12)7(11)4-9(13)14/h1-3,7,12H,4,11H2,(H,13,14)/t7-/m0/s1. The third kappa shape index (κ3) is 2.71. The first-order chi connectivity index (χ1) is 6.50. The molecule has 0 amide bonds. The second kappa shape index (κ2) is 4.43. The summed E-state index contributed by atoms with van der Waals surface area (Å²) in [6, 6.07) is 4.14. The number of hydrogen-bond acceptors (Lipinski definition) is 3. The van der Waals surface area contributed by atoms with Gasteiger partial charge < -0.3 is 15.9 Å². The van der Waals surface area contributed by atoms with Gasteiger partial charge in [0.1, 0.15) is 5.75 Å². The zero-order valence-corrected chi connectivity index (χ0v) is 8.86. The van der Waals surface area contributed by atoms with Gasteiger partial charge in [0, 0.05) is 6.04 Å². The van der Waals surface area contributed by atoms with Crippen LogP contribution in [0.2, 0.25) is 0 Å². The van der Waals surface area contributed by atoms with E-state index >= 15 is 0 Å². The molecule has 0 radical (unpaired) electrons. The summed E-state index contributed by atoms with van der Waals surface area (Å²) in [5, 5.41) is 17.7. The van der Waals surface area contributed by atoms with Crippen LogP contribution in [0.3, 0.4) is 0 Å². The van der Waals surface area contributed by atoms with Crippen LogP contribution >= 0.6 is 15.9 Å². The van der Waals surface area contributed by atoms with E-state index in [-0.39, 0.29) is 12.2 Å². The Labute approximate surface area is 89.5 Å². The van der Waals surface area contributed by atoms with Gasteiger partial charge in [0.05, 0.1) is 10.9 Å². The van der Waals surface area contributed by atoms with Crippen LogP contribution in [0.4, 0.5) is 0 Å². The van der Waals surface area contributed by atoms with Gasteiger partial charge in [-0.1, -0.05) is 6.07 Å². The zero-order chi connectivity index (χ0) is 10.7. The number of carboxylic acid groups (broad SMARTS) is 1. The Morgan fingerprint density at radius 3 is 2.71 bits per heavy atom. The first-order valence-electron chi connectivity index (χ1n) is 3.96. The lowest BCUT2D eigenvalue weighted by atomic mass is 10.1. The fourth-order valence-electron chi connectivity index (χ4n) is 1.06. The number of phenols is 1. The SMILES string of the molecule is N[C@@H](CC(=O)O)c1ccc(O)c(Br)c1. The number of benzene rings is 1. The number of aromatic hydroxyl groups is 1. The molecule has 4 nitrogen and oxygen atoms in total. The molecule has 1 atom stereocenters. The van der Waals surface area contributed by atoms with Crippen LogP contribution in [0.5, 0.6) is 5.75 Å². The fraction of sp³-hybridized carbons (Fsp3) is 0.222. The Bertz CT molecular complexity index is 354. The van der Waals surface area contributed by atoms with E-state index in [0.717, 1.165) is 0 Å². The van der Waals surface area contributed by atoms with Gasteiger partial charge in [0.2, 0.25) is 0 Å². The van der Waals surface area contributed by atoms with Crippen molar-refractivity contribution in [3.05, 3.63) is 28.2 Å². The van der Waals surface area contributed by atoms with Crippen molar-refractivity contribution in [2.75, 3.05) is 0 Å². The third-order valence-corrected chi connectivity index (χ3v) is 2.43. The summed E-state index contributed by atoms with van der Waals surface area (Å²) in [6.07, 6.45) is -0.128. The number of phenolic OH excluding ortho intramolecular Hbond substituents is 1. The van der Waals surface area contributed by atoms with Crippen LogP contribution in [0.25, 0.3) is 0 Å². The van der Waals surface area contributed by atoms with E-state index in [9.17, 15) is 9.90 Å². The van der Waals surface area contributed by atoms with Gasteiger partial charge in [-0.15, -0.1) is 0 Å². The zero-order valence-electron chi connectivity index (χ0n) is 7.27. The lowest BCUT2D eigenvalue weighted by Gasteiger charge is -2.09. The number of carboxylic acids is 1. The molecule has 4 N–H and O–H groups in total. The monoisotopic (exact) mass is 259 g/mol. The van der Waals surface area contributed by atoms with Crippen LogP contribution < -0.4 is 5.73 Å². The molecule has 0 bridgehead atoms. The summed E-state index contributed by atoms with van der Waals surface area (Å²) in [4.78, 5) is 10.4. The maximum atomic E-state index is 10.4. The van der Waals surface area contributed by atoms with E-state index in [2.05, 4.69) is 15.9 Å². The van der Waals surface area contributed by atoms with Crippen molar-refractivity contribution < 1.29 is 15.0 Å². The van der Waals surface area contributed by atoms with Crippen molar-refractivity contribution in [1.82, 2.24) is 0 Å². The molecule has 14 heavy (non-hydrogen) atoms. The molecule has 1 aromatic rings. The molecule has 0 aliphatic carbocycles. The first-order valence-corrected chi connectivity index (χ1v) is 4.76. The van der Waals surface area contributed by atoms with Gasteiger partial charge in [-0.3, -0.25) is 4.79 Å². The van der Waals surface area contributed by atoms with Crippen molar-refractivity contribution in [2.45, 2.75) is 12.5 Å². The Balaban J connectivity index is 2.85. The van der Waals surface area contributed by atoms with Gasteiger partial charge in [0.25, 0.3) is 0 Å². The Morgan fingerprint density at radius 1 is 1.57 bits per heavy atom. The summed E-state index contributed by atoms with van der Waals surface area (Å²) >= 11 is 3.13. The number of hydrogen-bond donors (Lipinski definition) is 3. The molecule has 0 unspecified atom stereocenters. The third-order valence-electron chi connectivity index (χ3n) is 1.79. The van der Waals surface area contributed by atoms with Crippen LogP contribution in [-0.2, 0) is 4.79 Å². The normalized spacial score (nSPS) is 12.4. The summed E-state index contributed by atoms with van der Waals surface area (Å²) in [5.41, 5.74) is 6.31. The van der Waals surface area contributed by atoms with Crippen LogP contribution in [0, 0.1) is 0 Å². The van der Waals surface area contributed by atoms with Crippen LogP contribution in [-0.4, -0.2) is 16.2 Å². The quantitative estimate of drug-likeness (QED) is 0.771. The van der Waals surface area contributed by atoms with Crippen molar-refractivity contribution in [3.8, 4) is 5.75 Å². The lowest BCUT2D eigenvalue weighted by molar-refractivity contribution is -0.137. The molecule has 1 aromatic carbocycles. The van der Waals surface area contributed by atoms with E-state index in [1.54, 1.807) is 12.1 Å². The second-order valence-corrected chi connectivity index (χ2v) is 3.77.